The van der Waals surface area contributed by atoms with Crippen molar-refractivity contribution in [2.75, 3.05) is 0 Å². The van der Waals surface area contributed by atoms with Gasteiger partial charge < -0.3 is 4.57 Å². The van der Waals surface area contributed by atoms with Crippen molar-refractivity contribution < 1.29 is 4.79 Å². The van der Waals surface area contributed by atoms with E-state index in [9.17, 15) is 4.79 Å². The molecule has 1 aromatic carbocycles. The third-order valence-corrected chi connectivity index (χ3v) is 6.64. The Morgan fingerprint density at radius 3 is 2.72 bits per heavy atom. The van der Waals surface area contributed by atoms with E-state index in [1.54, 1.807) is 11.8 Å². The topological polar surface area (TPSA) is 47.8 Å². The monoisotopic (exact) mass is 353 g/mol. The minimum Gasteiger partial charge on any atom is -0.303 e. The predicted molar refractivity (Wildman–Crippen MR) is 98.4 cm³/mol. The highest BCUT2D eigenvalue weighted by Crippen LogP contribution is 2.46. The second kappa shape index (κ2) is 5.97. The molecule has 2 aromatic rings. The number of hydrogen-bond donors (Lipinski definition) is 0. The molecule has 4 nitrogen and oxygen atoms in total. The van der Waals surface area contributed by atoms with E-state index >= 15 is 0 Å². The van der Waals surface area contributed by atoms with Crippen LogP contribution in [0.1, 0.15) is 78.3 Å². The highest BCUT2D eigenvalue weighted by atomic mass is 32.2. The standard InChI is InChI=1S/C20H23N3OS/c1-12(18(24)16-8-5-13-3-2-4-15(13)11-16)25-20-22-21-19(14-6-7-14)23(20)17-9-10-17/h5,8,11-12,14,17H,2-4,6-7,9-10H2,1H3/t12-/m1/s1. The minimum absolute atomic E-state index is 0.131. The largest absolute Gasteiger partial charge is 0.303 e. The molecule has 25 heavy (non-hydrogen) atoms. The van der Waals surface area contributed by atoms with E-state index in [0.717, 1.165) is 29.4 Å². The Balaban J connectivity index is 1.36. The van der Waals surface area contributed by atoms with Crippen LogP contribution in [0.2, 0.25) is 0 Å². The van der Waals surface area contributed by atoms with E-state index in [2.05, 4.69) is 26.9 Å². The van der Waals surface area contributed by atoms with Crippen molar-refractivity contribution in [3.8, 4) is 0 Å². The molecule has 0 spiro atoms. The first-order chi connectivity index (χ1) is 12.2. The number of fused-ring (bicyclic) bond motifs is 1. The number of rotatable bonds is 6. The Hall–Kier alpha value is -1.62. The summed E-state index contributed by atoms with van der Waals surface area (Å²) in [4.78, 5) is 12.9. The van der Waals surface area contributed by atoms with Gasteiger partial charge in [-0.3, -0.25) is 4.79 Å². The fourth-order valence-corrected chi connectivity index (χ4v) is 4.84. The van der Waals surface area contributed by atoms with Crippen LogP contribution in [-0.4, -0.2) is 25.8 Å². The average molecular weight is 353 g/mol. The first-order valence-corrected chi connectivity index (χ1v) is 10.4. The summed E-state index contributed by atoms with van der Waals surface area (Å²) in [5, 5.41) is 9.69. The Morgan fingerprint density at radius 1 is 1.16 bits per heavy atom. The van der Waals surface area contributed by atoms with Gasteiger partial charge in [0.2, 0.25) is 0 Å². The Morgan fingerprint density at radius 2 is 1.96 bits per heavy atom. The molecule has 0 N–H and O–H groups in total. The maximum Gasteiger partial charge on any atom is 0.192 e. The first-order valence-electron chi connectivity index (χ1n) is 9.48. The molecule has 3 aliphatic rings. The van der Waals surface area contributed by atoms with Crippen molar-refractivity contribution in [2.45, 2.75) is 74.2 Å². The number of ketones is 1. The molecular weight excluding hydrogens is 330 g/mol. The number of benzene rings is 1. The lowest BCUT2D eigenvalue weighted by Crippen LogP contribution is -2.15. The van der Waals surface area contributed by atoms with Crippen molar-refractivity contribution in [3.63, 3.8) is 0 Å². The van der Waals surface area contributed by atoms with Gasteiger partial charge in [0, 0.05) is 17.5 Å². The number of thioether (sulfide) groups is 1. The summed E-state index contributed by atoms with van der Waals surface area (Å²) < 4.78 is 2.33. The van der Waals surface area contributed by atoms with Crippen LogP contribution < -0.4 is 0 Å². The van der Waals surface area contributed by atoms with Crippen molar-refractivity contribution in [1.82, 2.24) is 14.8 Å². The molecule has 0 saturated heterocycles. The van der Waals surface area contributed by atoms with E-state index in [1.807, 2.05) is 13.0 Å². The number of hydrogen-bond acceptors (Lipinski definition) is 4. The maximum absolute atomic E-state index is 12.9. The number of carbonyl (C=O) groups is 1. The summed E-state index contributed by atoms with van der Waals surface area (Å²) >= 11 is 1.58. The zero-order chi connectivity index (χ0) is 17.0. The van der Waals surface area contributed by atoms with Crippen LogP contribution in [0.5, 0.6) is 0 Å². The van der Waals surface area contributed by atoms with Crippen molar-refractivity contribution in [1.29, 1.82) is 0 Å². The van der Waals surface area contributed by atoms with Crippen LogP contribution in [0.4, 0.5) is 0 Å². The normalized spacial score (nSPS) is 20.5. The molecule has 0 bridgehead atoms. The van der Waals surface area contributed by atoms with Gasteiger partial charge in [-0.15, -0.1) is 10.2 Å². The highest BCUT2D eigenvalue weighted by molar-refractivity contribution is 8.00. The molecule has 1 aromatic heterocycles. The molecule has 2 saturated carbocycles. The second-order valence-electron chi connectivity index (χ2n) is 7.68. The molecule has 1 atom stereocenters. The van der Waals surface area contributed by atoms with Crippen LogP contribution in [0, 0.1) is 0 Å². The van der Waals surface area contributed by atoms with Crippen molar-refractivity contribution in [3.05, 3.63) is 40.7 Å². The van der Waals surface area contributed by atoms with Gasteiger partial charge in [0.15, 0.2) is 10.9 Å². The summed E-state index contributed by atoms with van der Waals surface area (Å²) in [5.74, 6) is 1.96. The molecular formula is C20H23N3OS. The third kappa shape index (κ3) is 2.92. The lowest BCUT2D eigenvalue weighted by atomic mass is 10.0. The molecule has 1 heterocycles. The number of aryl methyl sites for hydroxylation is 2. The summed E-state index contributed by atoms with van der Waals surface area (Å²) in [6.07, 6.45) is 8.39. The first kappa shape index (κ1) is 15.6. The molecule has 0 amide bonds. The number of carbonyl (C=O) groups excluding carboxylic acids is 1. The second-order valence-corrected chi connectivity index (χ2v) is 8.99. The summed E-state index contributed by atoms with van der Waals surface area (Å²) in [7, 11) is 0. The Labute approximate surface area is 152 Å². The molecule has 5 heteroatoms. The smallest absolute Gasteiger partial charge is 0.192 e. The Kier molecular flexibility index (Phi) is 3.73. The van der Waals surface area contributed by atoms with Gasteiger partial charge in [0.25, 0.3) is 0 Å². The summed E-state index contributed by atoms with van der Waals surface area (Å²) in [6, 6.07) is 6.83. The summed E-state index contributed by atoms with van der Waals surface area (Å²) in [5.41, 5.74) is 3.63. The van der Waals surface area contributed by atoms with E-state index in [1.165, 1.54) is 43.2 Å². The van der Waals surface area contributed by atoms with Crippen LogP contribution >= 0.6 is 11.8 Å². The molecule has 3 aliphatic carbocycles. The number of nitrogens with zero attached hydrogens (tertiary/aromatic N) is 3. The van der Waals surface area contributed by atoms with Gasteiger partial charge in [0.05, 0.1) is 5.25 Å². The van der Waals surface area contributed by atoms with Crippen LogP contribution in [0.25, 0.3) is 0 Å². The van der Waals surface area contributed by atoms with Crippen LogP contribution in [0.15, 0.2) is 23.4 Å². The molecule has 2 fully saturated rings. The van der Waals surface area contributed by atoms with Gasteiger partial charge in [-0.25, -0.2) is 0 Å². The SMILES string of the molecule is C[C@@H](Sc1nnc(C2CC2)n1C1CC1)C(=O)c1ccc2c(c1)CCC2. The van der Waals surface area contributed by atoms with Crippen LogP contribution in [-0.2, 0) is 12.8 Å². The highest BCUT2D eigenvalue weighted by Gasteiger charge is 2.37. The zero-order valence-corrected chi connectivity index (χ0v) is 15.4. The van der Waals surface area contributed by atoms with Gasteiger partial charge in [-0.2, -0.15) is 0 Å². The van der Waals surface area contributed by atoms with E-state index in [0.29, 0.717) is 12.0 Å². The number of aromatic nitrogens is 3. The quantitative estimate of drug-likeness (QED) is 0.572. The van der Waals surface area contributed by atoms with Gasteiger partial charge in [-0.1, -0.05) is 23.9 Å². The van der Waals surface area contributed by atoms with E-state index in [4.69, 9.17) is 0 Å². The lowest BCUT2D eigenvalue weighted by molar-refractivity contribution is 0.0993. The fourth-order valence-electron chi connectivity index (χ4n) is 3.84. The Bertz CT molecular complexity index is 835. The summed E-state index contributed by atoms with van der Waals surface area (Å²) in [6.45, 7) is 2.00. The molecule has 5 rings (SSSR count). The minimum atomic E-state index is -0.131. The fraction of sp³-hybridized carbons (Fsp3) is 0.550. The van der Waals surface area contributed by atoms with Gasteiger partial charge >= 0.3 is 0 Å². The van der Waals surface area contributed by atoms with Crippen LogP contribution in [0.3, 0.4) is 0 Å². The molecule has 0 aliphatic heterocycles. The molecule has 0 radical (unpaired) electrons. The third-order valence-electron chi connectivity index (χ3n) is 5.58. The van der Waals surface area contributed by atoms with Gasteiger partial charge in [-0.05, 0) is 69.1 Å². The van der Waals surface area contributed by atoms with Crippen molar-refractivity contribution in [2.24, 2.45) is 0 Å². The zero-order valence-electron chi connectivity index (χ0n) is 14.6. The number of Topliss-reactive ketones (excluding diaryl/α,β-unsaturated/α-hetero) is 1. The molecule has 0 unspecified atom stereocenters. The van der Waals surface area contributed by atoms with E-state index < -0.39 is 0 Å². The predicted octanol–water partition coefficient (Wildman–Crippen LogP) is 4.34. The van der Waals surface area contributed by atoms with Gasteiger partial charge in [0.1, 0.15) is 5.82 Å². The average Bonchev–Trinajstić information content (AvgIpc) is 3.55. The molecule has 130 valence electrons. The maximum atomic E-state index is 12.9. The van der Waals surface area contributed by atoms with Crippen molar-refractivity contribution >= 4 is 17.5 Å². The lowest BCUT2D eigenvalue weighted by Gasteiger charge is -2.13. The van der Waals surface area contributed by atoms with E-state index in [-0.39, 0.29) is 11.0 Å².